The smallest absolute Gasteiger partial charge is 0.177 e. The minimum Gasteiger partial charge on any atom is -0.390 e. The normalized spacial score (nSPS) is 10.6. The fourth-order valence-corrected chi connectivity index (χ4v) is 1.89. The number of aryl methyl sites for hydroxylation is 1. The summed E-state index contributed by atoms with van der Waals surface area (Å²) in [5, 5.41) is 12.5. The zero-order valence-corrected chi connectivity index (χ0v) is 7.97. The molecule has 2 rings (SSSR count). The van der Waals surface area contributed by atoms with Gasteiger partial charge in [0, 0.05) is 10.9 Å². The Bertz CT molecular complexity index is 405. The van der Waals surface area contributed by atoms with Gasteiger partial charge in [-0.15, -0.1) is 11.3 Å². The number of aliphatic hydroxyl groups is 1. The van der Waals surface area contributed by atoms with E-state index in [1.165, 1.54) is 4.88 Å². The van der Waals surface area contributed by atoms with Crippen LogP contribution in [0.1, 0.15) is 10.6 Å². The summed E-state index contributed by atoms with van der Waals surface area (Å²) in [7, 11) is 0. The fraction of sp³-hybridized carbons (Fsp3) is 0.222. The van der Waals surface area contributed by atoms with E-state index >= 15 is 0 Å². The van der Waals surface area contributed by atoms with Crippen LogP contribution in [-0.2, 0) is 6.61 Å². The van der Waals surface area contributed by atoms with Crippen molar-refractivity contribution in [3.63, 3.8) is 0 Å². The molecule has 68 valence electrons. The molecule has 0 unspecified atom stereocenters. The first-order chi connectivity index (χ1) is 6.29. The maximum Gasteiger partial charge on any atom is 0.177 e. The van der Waals surface area contributed by atoms with Crippen LogP contribution in [0.3, 0.4) is 0 Å². The van der Waals surface area contributed by atoms with Crippen LogP contribution in [0, 0.1) is 6.92 Å². The molecule has 0 aliphatic heterocycles. The van der Waals surface area contributed by atoms with Crippen molar-refractivity contribution in [1.29, 1.82) is 0 Å². The third-order valence-electron chi connectivity index (χ3n) is 1.70. The Labute approximate surface area is 79.6 Å². The monoisotopic (exact) mass is 195 g/mol. The van der Waals surface area contributed by atoms with Crippen LogP contribution < -0.4 is 0 Å². The third kappa shape index (κ3) is 1.64. The van der Waals surface area contributed by atoms with E-state index in [4.69, 9.17) is 9.63 Å². The quantitative estimate of drug-likeness (QED) is 0.799. The second-order valence-electron chi connectivity index (χ2n) is 2.75. The van der Waals surface area contributed by atoms with Gasteiger partial charge in [-0.3, -0.25) is 0 Å². The Balaban J connectivity index is 2.35. The summed E-state index contributed by atoms with van der Waals surface area (Å²) in [5.41, 5.74) is 0.570. The molecule has 2 aromatic rings. The number of hydrogen-bond donors (Lipinski definition) is 1. The maximum absolute atomic E-state index is 8.78. The molecule has 0 radical (unpaired) electrons. The van der Waals surface area contributed by atoms with E-state index in [0.29, 0.717) is 5.69 Å². The average molecular weight is 195 g/mol. The molecule has 0 saturated carbocycles. The second kappa shape index (κ2) is 3.32. The molecule has 1 N–H and O–H groups in total. The molecular weight excluding hydrogens is 186 g/mol. The lowest BCUT2D eigenvalue weighted by Gasteiger charge is -1.84. The molecule has 0 fully saturated rings. The number of aromatic nitrogens is 1. The van der Waals surface area contributed by atoms with Crippen molar-refractivity contribution in [2.45, 2.75) is 13.5 Å². The summed E-state index contributed by atoms with van der Waals surface area (Å²) in [6.45, 7) is 1.96. The van der Waals surface area contributed by atoms with E-state index < -0.39 is 0 Å². The number of nitrogens with zero attached hydrogens (tertiary/aromatic N) is 1. The molecule has 0 aliphatic carbocycles. The summed E-state index contributed by atoms with van der Waals surface area (Å²) in [6.07, 6.45) is 0. The highest BCUT2D eigenvalue weighted by atomic mass is 32.1. The van der Waals surface area contributed by atoms with Crippen molar-refractivity contribution in [3.05, 3.63) is 28.8 Å². The molecule has 0 aromatic carbocycles. The SMILES string of the molecule is Cc1ccc(-c2cc(CO)no2)s1. The Morgan fingerprint density at radius 1 is 1.54 bits per heavy atom. The molecule has 0 aliphatic rings. The first-order valence-electron chi connectivity index (χ1n) is 3.93. The highest BCUT2D eigenvalue weighted by molar-refractivity contribution is 7.15. The van der Waals surface area contributed by atoms with E-state index in [-0.39, 0.29) is 6.61 Å². The summed E-state index contributed by atoms with van der Waals surface area (Å²) in [5.74, 6) is 0.724. The molecule has 2 heterocycles. The highest BCUT2D eigenvalue weighted by Crippen LogP contribution is 2.27. The number of rotatable bonds is 2. The van der Waals surface area contributed by atoms with E-state index in [1.807, 2.05) is 19.1 Å². The van der Waals surface area contributed by atoms with Crippen molar-refractivity contribution in [2.75, 3.05) is 0 Å². The van der Waals surface area contributed by atoms with Crippen molar-refractivity contribution in [3.8, 4) is 10.6 Å². The Kier molecular flexibility index (Phi) is 2.16. The van der Waals surface area contributed by atoms with Gasteiger partial charge in [-0.05, 0) is 19.1 Å². The van der Waals surface area contributed by atoms with Gasteiger partial charge in [0.2, 0.25) is 0 Å². The Morgan fingerprint density at radius 2 is 2.38 bits per heavy atom. The lowest BCUT2D eigenvalue weighted by Crippen LogP contribution is -1.78. The predicted molar refractivity (Wildman–Crippen MR) is 50.5 cm³/mol. The van der Waals surface area contributed by atoms with Crippen molar-refractivity contribution < 1.29 is 9.63 Å². The van der Waals surface area contributed by atoms with Crippen molar-refractivity contribution in [1.82, 2.24) is 5.16 Å². The van der Waals surface area contributed by atoms with Crippen LogP contribution in [0.2, 0.25) is 0 Å². The molecule has 0 spiro atoms. The van der Waals surface area contributed by atoms with E-state index in [0.717, 1.165) is 10.6 Å². The van der Waals surface area contributed by atoms with Gasteiger partial charge in [0.05, 0.1) is 11.5 Å². The first-order valence-corrected chi connectivity index (χ1v) is 4.74. The molecule has 13 heavy (non-hydrogen) atoms. The summed E-state index contributed by atoms with van der Waals surface area (Å²) >= 11 is 1.65. The molecule has 3 nitrogen and oxygen atoms in total. The van der Waals surface area contributed by atoms with Gasteiger partial charge in [0.15, 0.2) is 5.76 Å². The molecule has 0 amide bonds. The summed E-state index contributed by atoms with van der Waals surface area (Å²) in [4.78, 5) is 2.28. The standard InChI is InChI=1S/C9H9NO2S/c1-6-2-3-9(13-6)8-4-7(5-11)10-12-8/h2-4,11H,5H2,1H3. The van der Waals surface area contributed by atoms with Gasteiger partial charge in [0.1, 0.15) is 5.69 Å². The van der Waals surface area contributed by atoms with Gasteiger partial charge < -0.3 is 9.63 Å². The van der Waals surface area contributed by atoms with E-state index in [9.17, 15) is 0 Å². The van der Waals surface area contributed by atoms with Crippen molar-refractivity contribution >= 4 is 11.3 Å². The highest BCUT2D eigenvalue weighted by Gasteiger charge is 2.07. The average Bonchev–Trinajstić information content (AvgIpc) is 2.71. The third-order valence-corrected chi connectivity index (χ3v) is 2.72. The minimum absolute atomic E-state index is 0.0755. The second-order valence-corrected chi connectivity index (χ2v) is 4.04. The van der Waals surface area contributed by atoms with Crippen LogP contribution in [-0.4, -0.2) is 10.3 Å². The van der Waals surface area contributed by atoms with Gasteiger partial charge in [-0.2, -0.15) is 0 Å². The van der Waals surface area contributed by atoms with E-state index in [1.54, 1.807) is 17.4 Å². The lowest BCUT2D eigenvalue weighted by atomic mass is 10.3. The Hall–Kier alpha value is -1.13. The Morgan fingerprint density at radius 3 is 2.92 bits per heavy atom. The van der Waals surface area contributed by atoms with Crippen LogP contribution in [0.4, 0.5) is 0 Å². The van der Waals surface area contributed by atoms with Crippen LogP contribution >= 0.6 is 11.3 Å². The zero-order valence-electron chi connectivity index (χ0n) is 7.15. The zero-order chi connectivity index (χ0) is 9.26. The summed E-state index contributed by atoms with van der Waals surface area (Å²) in [6, 6.07) is 5.77. The van der Waals surface area contributed by atoms with Gasteiger partial charge in [-0.25, -0.2) is 0 Å². The maximum atomic E-state index is 8.78. The molecule has 0 bridgehead atoms. The molecule has 0 atom stereocenters. The topological polar surface area (TPSA) is 46.3 Å². The van der Waals surface area contributed by atoms with Crippen LogP contribution in [0.25, 0.3) is 10.6 Å². The van der Waals surface area contributed by atoms with Crippen LogP contribution in [0.15, 0.2) is 22.7 Å². The van der Waals surface area contributed by atoms with Gasteiger partial charge in [0.25, 0.3) is 0 Å². The molecule has 0 saturated heterocycles. The fourth-order valence-electron chi connectivity index (χ4n) is 1.07. The number of aliphatic hydroxyl groups excluding tert-OH is 1. The largest absolute Gasteiger partial charge is 0.390 e. The lowest BCUT2D eigenvalue weighted by molar-refractivity contribution is 0.267. The molecule has 4 heteroatoms. The minimum atomic E-state index is -0.0755. The van der Waals surface area contributed by atoms with Crippen LogP contribution in [0.5, 0.6) is 0 Å². The predicted octanol–water partition coefficient (Wildman–Crippen LogP) is 2.20. The molecule has 2 aromatic heterocycles. The van der Waals surface area contributed by atoms with Crippen molar-refractivity contribution in [2.24, 2.45) is 0 Å². The van der Waals surface area contributed by atoms with Gasteiger partial charge >= 0.3 is 0 Å². The number of hydrogen-bond acceptors (Lipinski definition) is 4. The first kappa shape index (κ1) is 8.47. The molecular formula is C9H9NO2S. The number of thiophene rings is 1. The summed E-state index contributed by atoms with van der Waals surface area (Å²) < 4.78 is 5.06. The van der Waals surface area contributed by atoms with Gasteiger partial charge in [-0.1, -0.05) is 5.16 Å². The van der Waals surface area contributed by atoms with E-state index in [2.05, 4.69) is 5.16 Å².